The van der Waals surface area contributed by atoms with Crippen molar-refractivity contribution in [2.75, 3.05) is 0 Å². The lowest BCUT2D eigenvalue weighted by atomic mass is 10.1. The number of carbonyl (C=O) groups excluding carboxylic acids is 2. The van der Waals surface area contributed by atoms with E-state index in [-0.39, 0.29) is 0 Å². The Kier molecular flexibility index (Phi) is 1.87. The molecule has 1 atom stereocenters. The van der Waals surface area contributed by atoms with E-state index in [2.05, 4.69) is 4.99 Å². The van der Waals surface area contributed by atoms with Crippen molar-refractivity contribution >= 4 is 18.2 Å². The van der Waals surface area contributed by atoms with Crippen LogP contribution in [0.3, 0.4) is 0 Å². The highest BCUT2D eigenvalue weighted by Crippen LogP contribution is 2.25. The Bertz CT molecular complexity index is 258. The predicted molar refractivity (Wildman–Crippen MR) is 31.6 cm³/mol. The third kappa shape index (κ3) is 1.60. The Morgan fingerprint density at radius 3 is 2.42 bits per heavy atom. The molecule has 0 unspecified atom stereocenters. The molecular formula is C5H3F3N2O2. The van der Waals surface area contributed by atoms with Gasteiger partial charge in [0, 0.05) is 6.21 Å². The Morgan fingerprint density at radius 1 is 1.42 bits per heavy atom. The number of halogens is 3. The normalized spacial score (nSPS) is 24.1. The van der Waals surface area contributed by atoms with Crippen LogP contribution >= 0.6 is 0 Å². The van der Waals surface area contributed by atoms with Gasteiger partial charge in [0.05, 0.1) is 0 Å². The van der Waals surface area contributed by atoms with Gasteiger partial charge < -0.3 is 0 Å². The average molecular weight is 180 g/mol. The maximum absolute atomic E-state index is 11.9. The summed E-state index contributed by atoms with van der Waals surface area (Å²) in [6.45, 7) is 0. The van der Waals surface area contributed by atoms with Gasteiger partial charge in [0.2, 0.25) is 5.91 Å². The molecule has 4 nitrogen and oxygen atoms in total. The van der Waals surface area contributed by atoms with E-state index in [1.54, 1.807) is 0 Å². The number of nitrogens with one attached hydrogen (secondary N) is 1. The zero-order valence-corrected chi connectivity index (χ0v) is 5.55. The van der Waals surface area contributed by atoms with Crippen LogP contribution in [0.25, 0.3) is 0 Å². The van der Waals surface area contributed by atoms with E-state index in [0.717, 1.165) is 0 Å². The molecule has 1 rings (SSSR count). The average Bonchev–Trinajstić information content (AvgIpc) is 1.83. The van der Waals surface area contributed by atoms with Crippen molar-refractivity contribution in [2.45, 2.75) is 6.18 Å². The smallest absolute Gasteiger partial charge is 0.275 e. The van der Waals surface area contributed by atoms with Crippen molar-refractivity contribution in [2.24, 2.45) is 10.9 Å². The van der Waals surface area contributed by atoms with Gasteiger partial charge in [-0.2, -0.15) is 13.2 Å². The monoisotopic (exact) mass is 180 g/mol. The van der Waals surface area contributed by atoms with E-state index in [1.807, 2.05) is 0 Å². The quantitative estimate of drug-likeness (QED) is 0.589. The second-order valence-corrected chi connectivity index (χ2v) is 2.09. The van der Waals surface area contributed by atoms with E-state index < -0.39 is 24.0 Å². The van der Waals surface area contributed by atoms with E-state index in [1.165, 1.54) is 5.32 Å². The zero-order chi connectivity index (χ0) is 9.35. The molecule has 1 aliphatic rings. The molecule has 0 saturated heterocycles. The SMILES string of the molecule is O=C1N=C[C@@H](C(F)(F)F)C(=O)N1. The van der Waals surface area contributed by atoms with E-state index >= 15 is 0 Å². The Morgan fingerprint density at radius 2 is 2.00 bits per heavy atom. The first-order valence-electron chi connectivity index (χ1n) is 2.87. The van der Waals surface area contributed by atoms with Gasteiger partial charge in [0.25, 0.3) is 0 Å². The summed E-state index contributed by atoms with van der Waals surface area (Å²) in [6.07, 6.45) is -4.39. The number of hydrogen-bond acceptors (Lipinski definition) is 2. The van der Waals surface area contributed by atoms with Crippen molar-refractivity contribution in [1.29, 1.82) is 0 Å². The first kappa shape index (κ1) is 8.69. The molecule has 0 aliphatic carbocycles. The van der Waals surface area contributed by atoms with Crippen molar-refractivity contribution in [3.8, 4) is 0 Å². The maximum atomic E-state index is 11.9. The summed E-state index contributed by atoms with van der Waals surface area (Å²) >= 11 is 0. The molecule has 0 spiro atoms. The van der Waals surface area contributed by atoms with Crippen LogP contribution in [0, 0.1) is 5.92 Å². The van der Waals surface area contributed by atoms with Crippen molar-refractivity contribution < 1.29 is 22.8 Å². The van der Waals surface area contributed by atoms with Crippen LogP contribution in [0.1, 0.15) is 0 Å². The highest BCUT2D eigenvalue weighted by Gasteiger charge is 2.45. The molecule has 0 fully saturated rings. The molecule has 12 heavy (non-hydrogen) atoms. The van der Waals surface area contributed by atoms with Crippen LogP contribution in [-0.2, 0) is 4.79 Å². The van der Waals surface area contributed by atoms with Gasteiger partial charge in [-0.1, -0.05) is 0 Å². The number of amides is 3. The first-order chi connectivity index (χ1) is 5.41. The van der Waals surface area contributed by atoms with E-state index in [0.29, 0.717) is 6.21 Å². The fraction of sp³-hybridized carbons (Fsp3) is 0.400. The summed E-state index contributed by atoms with van der Waals surface area (Å²) in [6, 6.07) is -1.07. The largest absolute Gasteiger partial charge is 0.405 e. The second kappa shape index (κ2) is 2.58. The summed E-state index contributed by atoms with van der Waals surface area (Å²) in [5, 5.41) is 1.44. The van der Waals surface area contributed by atoms with Crippen LogP contribution in [-0.4, -0.2) is 24.3 Å². The third-order valence-electron chi connectivity index (χ3n) is 1.21. The number of carbonyl (C=O) groups is 2. The summed E-state index contributed by atoms with van der Waals surface area (Å²) in [5.74, 6) is -3.70. The first-order valence-corrected chi connectivity index (χ1v) is 2.87. The van der Waals surface area contributed by atoms with Gasteiger partial charge in [0.15, 0.2) is 5.92 Å². The Hall–Kier alpha value is -1.40. The number of hydrogen-bond donors (Lipinski definition) is 1. The minimum atomic E-state index is -4.69. The number of rotatable bonds is 0. The molecule has 1 N–H and O–H groups in total. The fourth-order valence-electron chi connectivity index (χ4n) is 0.659. The lowest BCUT2D eigenvalue weighted by Crippen LogP contribution is -2.45. The van der Waals surface area contributed by atoms with Gasteiger partial charge >= 0.3 is 12.2 Å². The number of alkyl halides is 3. The maximum Gasteiger partial charge on any atom is 0.405 e. The molecule has 3 amide bonds. The summed E-state index contributed by atoms with van der Waals surface area (Å²) in [4.78, 5) is 23.6. The Balaban J connectivity index is 2.87. The van der Waals surface area contributed by atoms with Crippen LogP contribution in [0.5, 0.6) is 0 Å². The minimum Gasteiger partial charge on any atom is -0.275 e. The van der Waals surface area contributed by atoms with E-state index in [9.17, 15) is 22.8 Å². The van der Waals surface area contributed by atoms with Crippen LogP contribution in [0.4, 0.5) is 18.0 Å². The fourth-order valence-corrected chi connectivity index (χ4v) is 0.659. The minimum absolute atomic E-state index is 0.293. The summed E-state index contributed by atoms with van der Waals surface area (Å²) < 4.78 is 35.6. The van der Waals surface area contributed by atoms with Crippen molar-refractivity contribution in [3.05, 3.63) is 0 Å². The molecule has 1 aliphatic heterocycles. The van der Waals surface area contributed by atoms with Gasteiger partial charge in [-0.3, -0.25) is 10.1 Å². The van der Waals surface area contributed by atoms with Crippen LogP contribution < -0.4 is 5.32 Å². The molecule has 7 heteroatoms. The predicted octanol–water partition coefficient (Wildman–Crippen LogP) is 0.485. The second-order valence-electron chi connectivity index (χ2n) is 2.09. The molecule has 0 aromatic heterocycles. The summed E-state index contributed by atoms with van der Waals surface area (Å²) in [5.41, 5.74) is 0. The van der Waals surface area contributed by atoms with Crippen LogP contribution in [0.2, 0.25) is 0 Å². The molecular weight excluding hydrogens is 177 g/mol. The van der Waals surface area contributed by atoms with Gasteiger partial charge in [-0.05, 0) is 0 Å². The van der Waals surface area contributed by atoms with Gasteiger partial charge in [-0.15, -0.1) is 0 Å². The zero-order valence-electron chi connectivity index (χ0n) is 5.55. The standard InChI is InChI=1S/C5H3F3N2O2/c6-5(7,8)2-1-9-4(12)10-3(2)11/h1-2H,(H,10,11,12)/t2-/m1/s1. The number of urea groups is 1. The molecule has 0 aromatic rings. The van der Waals surface area contributed by atoms with Gasteiger partial charge in [0.1, 0.15) is 0 Å². The lowest BCUT2D eigenvalue weighted by Gasteiger charge is -2.17. The van der Waals surface area contributed by atoms with Crippen molar-refractivity contribution in [3.63, 3.8) is 0 Å². The molecule has 0 bridgehead atoms. The topological polar surface area (TPSA) is 58.5 Å². The third-order valence-corrected chi connectivity index (χ3v) is 1.21. The molecule has 66 valence electrons. The number of imide groups is 1. The van der Waals surface area contributed by atoms with Crippen molar-refractivity contribution in [1.82, 2.24) is 5.32 Å². The highest BCUT2D eigenvalue weighted by atomic mass is 19.4. The van der Waals surface area contributed by atoms with E-state index in [4.69, 9.17) is 0 Å². The molecule has 0 saturated carbocycles. The highest BCUT2D eigenvalue weighted by molar-refractivity contribution is 6.09. The van der Waals surface area contributed by atoms with Gasteiger partial charge in [-0.25, -0.2) is 9.79 Å². The summed E-state index contributed by atoms with van der Waals surface area (Å²) in [7, 11) is 0. The number of nitrogens with zero attached hydrogens (tertiary/aromatic N) is 1. The molecule has 0 aromatic carbocycles. The number of aliphatic imine (C=N–C) groups is 1. The van der Waals surface area contributed by atoms with Crippen LogP contribution in [0.15, 0.2) is 4.99 Å². The molecule has 1 heterocycles. The lowest BCUT2D eigenvalue weighted by molar-refractivity contribution is -0.167. The molecule has 0 radical (unpaired) electrons. The Labute approximate surface area is 64.5 Å².